The highest BCUT2D eigenvalue weighted by Gasteiger charge is 2.04. The molecule has 0 spiro atoms. The first kappa shape index (κ1) is 14.2. The summed E-state index contributed by atoms with van der Waals surface area (Å²) in [5, 5.41) is 0. The predicted molar refractivity (Wildman–Crippen MR) is 75.0 cm³/mol. The molecular weight excluding hydrogens is 284 g/mol. The largest absolute Gasteiger partial charge is 0.373 e. The molecule has 1 atom stereocenters. The van der Waals surface area contributed by atoms with Crippen molar-refractivity contribution in [2.75, 3.05) is 0 Å². The van der Waals surface area contributed by atoms with E-state index in [0.717, 1.165) is 6.61 Å². The first-order valence-electron chi connectivity index (χ1n) is 6.08. The van der Waals surface area contributed by atoms with Crippen molar-refractivity contribution in [2.24, 2.45) is 0 Å². The number of hydrogen-bond donors (Lipinski definition) is 0. The molecule has 0 N–H and O–H groups in total. The average Bonchev–Trinajstić information content (AvgIpc) is 2.68. The minimum atomic E-state index is 0.387. The third kappa shape index (κ3) is 6.02. The fraction of sp³-hybridized carbons (Fsp3) is 0.692. The quantitative estimate of drug-likeness (QED) is 0.585. The van der Waals surface area contributed by atoms with Crippen molar-refractivity contribution in [2.45, 2.75) is 58.7 Å². The van der Waals surface area contributed by atoms with Gasteiger partial charge in [0.15, 0.2) is 0 Å². The van der Waals surface area contributed by atoms with E-state index in [0.29, 0.717) is 6.10 Å². The fourth-order valence-corrected chi connectivity index (χ4v) is 3.00. The SMILES string of the molecule is CCCCCCC(C)OCc1ccc(Br)s1. The lowest BCUT2D eigenvalue weighted by Gasteiger charge is -2.11. The third-order valence-corrected chi connectivity index (χ3v) is 4.20. The zero-order valence-electron chi connectivity index (χ0n) is 10.2. The van der Waals surface area contributed by atoms with Crippen LogP contribution in [0.2, 0.25) is 0 Å². The topological polar surface area (TPSA) is 9.23 Å². The van der Waals surface area contributed by atoms with Gasteiger partial charge in [-0.15, -0.1) is 11.3 Å². The second-order valence-corrected chi connectivity index (χ2v) is 6.72. The molecule has 1 aromatic rings. The number of thiophene rings is 1. The van der Waals surface area contributed by atoms with Crippen LogP contribution in [0.1, 0.15) is 50.8 Å². The molecule has 0 aliphatic heterocycles. The van der Waals surface area contributed by atoms with Crippen molar-refractivity contribution < 1.29 is 4.74 Å². The summed E-state index contributed by atoms with van der Waals surface area (Å²) in [5.41, 5.74) is 0. The minimum absolute atomic E-state index is 0.387. The number of ether oxygens (including phenoxy) is 1. The Morgan fingerprint density at radius 2 is 2.12 bits per heavy atom. The van der Waals surface area contributed by atoms with Crippen LogP contribution in [0, 0.1) is 0 Å². The molecule has 0 bridgehead atoms. The Morgan fingerprint density at radius 3 is 2.75 bits per heavy atom. The molecule has 1 heterocycles. The second kappa shape index (κ2) is 8.26. The van der Waals surface area contributed by atoms with Gasteiger partial charge in [-0.3, -0.25) is 0 Å². The standard InChI is InChI=1S/C13H21BrOS/c1-3-4-5-6-7-11(2)15-10-12-8-9-13(14)16-12/h8-9,11H,3-7,10H2,1-2H3. The molecule has 1 rings (SSSR count). The highest BCUT2D eigenvalue weighted by atomic mass is 79.9. The fourth-order valence-electron chi connectivity index (χ4n) is 1.60. The van der Waals surface area contributed by atoms with Crippen molar-refractivity contribution in [3.63, 3.8) is 0 Å². The van der Waals surface area contributed by atoms with Gasteiger partial charge in [0.2, 0.25) is 0 Å². The van der Waals surface area contributed by atoms with E-state index in [4.69, 9.17) is 4.74 Å². The number of hydrogen-bond acceptors (Lipinski definition) is 2. The Kier molecular flexibility index (Phi) is 7.33. The molecule has 1 aromatic heterocycles. The molecule has 0 fully saturated rings. The van der Waals surface area contributed by atoms with Crippen LogP contribution >= 0.6 is 27.3 Å². The molecule has 0 amide bonds. The van der Waals surface area contributed by atoms with Crippen molar-refractivity contribution in [3.8, 4) is 0 Å². The van der Waals surface area contributed by atoms with Gasteiger partial charge in [-0.2, -0.15) is 0 Å². The van der Waals surface area contributed by atoms with E-state index < -0.39 is 0 Å². The zero-order valence-corrected chi connectivity index (χ0v) is 12.6. The van der Waals surface area contributed by atoms with Crippen molar-refractivity contribution in [1.29, 1.82) is 0 Å². The Labute approximate surface area is 111 Å². The van der Waals surface area contributed by atoms with Gasteiger partial charge >= 0.3 is 0 Å². The first-order valence-corrected chi connectivity index (χ1v) is 7.69. The van der Waals surface area contributed by atoms with Crippen LogP contribution in [0.15, 0.2) is 15.9 Å². The molecule has 0 saturated heterocycles. The molecule has 0 aromatic carbocycles. The Hall–Kier alpha value is 0.140. The molecule has 1 nitrogen and oxygen atoms in total. The van der Waals surface area contributed by atoms with E-state index >= 15 is 0 Å². The van der Waals surface area contributed by atoms with Gasteiger partial charge in [0.05, 0.1) is 16.5 Å². The summed E-state index contributed by atoms with van der Waals surface area (Å²) < 4.78 is 6.99. The third-order valence-electron chi connectivity index (χ3n) is 2.60. The summed E-state index contributed by atoms with van der Waals surface area (Å²) >= 11 is 5.21. The number of halogens is 1. The van der Waals surface area contributed by atoms with E-state index in [9.17, 15) is 0 Å². The summed E-state index contributed by atoms with van der Waals surface area (Å²) in [6, 6.07) is 4.20. The van der Waals surface area contributed by atoms with Gasteiger partial charge in [0, 0.05) is 4.88 Å². The Balaban J connectivity index is 2.08. The molecule has 0 aliphatic rings. The lowest BCUT2D eigenvalue weighted by molar-refractivity contribution is 0.0475. The summed E-state index contributed by atoms with van der Waals surface area (Å²) in [7, 11) is 0. The maximum absolute atomic E-state index is 5.81. The molecule has 1 unspecified atom stereocenters. The van der Waals surface area contributed by atoms with Gasteiger partial charge in [-0.1, -0.05) is 32.6 Å². The molecular formula is C13H21BrOS. The van der Waals surface area contributed by atoms with Gasteiger partial charge in [0.1, 0.15) is 0 Å². The van der Waals surface area contributed by atoms with Crippen molar-refractivity contribution in [3.05, 3.63) is 20.8 Å². The zero-order chi connectivity index (χ0) is 11.8. The van der Waals surface area contributed by atoms with Gasteiger partial charge in [-0.25, -0.2) is 0 Å². The van der Waals surface area contributed by atoms with Crippen LogP contribution in [0.3, 0.4) is 0 Å². The van der Waals surface area contributed by atoms with E-state index in [2.05, 4.69) is 41.9 Å². The molecule has 0 aliphatic carbocycles. The summed E-state index contributed by atoms with van der Waals surface area (Å²) in [5.74, 6) is 0. The van der Waals surface area contributed by atoms with Crippen LogP contribution < -0.4 is 0 Å². The van der Waals surface area contributed by atoms with E-state index in [-0.39, 0.29) is 0 Å². The summed E-state index contributed by atoms with van der Waals surface area (Å²) in [6.07, 6.45) is 6.87. The van der Waals surface area contributed by atoms with E-state index in [1.807, 2.05) is 0 Å². The lowest BCUT2D eigenvalue weighted by Crippen LogP contribution is -2.07. The first-order chi connectivity index (χ1) is 7.72. The maximum Gasteiger partial charge on any atom is 0.0813 e. The smallest absolute Gasteiger partial charge is 0.0813 e. The highest BCUT2D eigenvalue weighted by Crippen LogP contribution is 2.23. The second-order valence-electron chi connectivity index (χ2n) is 4.18. The van der Waals surface area contributed by atoms with Crippen molar-refractivity contribution in [1.82, 2.24) is 0 Å². The van der Waals surface area contributed by atoms with Crippen LogP contribution in [-0.2, 0) is 11.3 Å². The summed E-state index contributed by atoms with van der Waals surface area (Å²) in [4.78, 5) is 1.30. The molecule has 16 heavy (non-hydrogen) atoms. The van der Waals surface area contributed by atoms with Crippen LogP contribution in [-0.4, -0.2) is 6.10 Å². The Bertz CT molecular complexity index is 285. The maximum atomic E-state index is 5.81. The monoisotopic (exact) mass is 304 g/mol. The molecule has 0 radical (unpaired) electrons. The van der Waals surface area contributed by atoms with Gasteiger partial charge in [0.25, 0.3) is 0 Å². The Morgan fingerprint density at radius 1 is 1.31 bits per heavy atom. The predicted octanol–water partition coefficient (Wildman–Crippen LogP) is 5.39. The van der Waals surface area contributed by atoms with E-state index in [1.54, 1.807) is 11.3 Å². The summed E-state index contributed by atoms with van der Waals surface area (Å²) in [6.45, 7) is 5.17. The molecule has 3 heteroatoms. The number of rotatable bonds is 8. The normalized spacial score (nSPS) is 12.9. The highest BCUT2D eigenvalue weighted by molar-refractivity contribution is 9.11. The number of unbranched alkanes of at least 4 members (excludes halogenated alkanes) is 3. The van der Waals surface area contributed by atoms with Crippen LogP contribution in [0.5, 0.6) is 0 Å². The van der Waals surface area contributed by atoms with Crippen LogP contribution in [0.4, 0.5) is 0 Å². The molecule has 0 saturated carbocycles. The van der Waals surface area contributed by atoms with Gasteiger partial charge in [-0.05, 0) is 41.4 Å². The van der Waals surface area contributed by atoms with E-state index in [1.165, 1.54) is 40.8 Å². The molecule has 92 valence electrons. The minimum Gasteiger partial charge on any atom is -0.373 e. The van der Waals surface area contributed by atoms with Crippen molar-refractivity contribution >= 4 is 27.3 Å². The lowest BCUT2D eigenvalue weighted by atomic mass is 10.1. The van der Waals surface area contributed by atoms with Crippen LogP contribution in [0.25, 0.3) is 0 Å². The average molecular weight is 305 g/mol. The van der Waals surface area contributed by atoms with Gasteiger partial charge < -0.3 is 4.74 Å².